The molecule has 0 aromatic heterocycles. The van der Waals surface area contributed by atoms with E-state index >= 15 is 0 Å². The van der Waals surface area contributed by atoms with Gasteiger partial charge in [0, 0.05) is 12.1 Å². The van der Waals surface area contributed by atoms with E-state index in [1.165, 1.54) is 0 Å². The molecule has 3 N–H and O–H groups in total. The summed E-state index contributed by atoms with van der Waals surface area (Å²) in [7, 11) is 0. The van der Waals surface area contributed by atoms with Crippen LogP contribution in [-0.2, 0) is 6.42 Å². The molecule has 2 aromatic carbocycles. The van der Waals surface area contributed by atoms with Gasteiger partial charge in [0.25, 0.3) is 0 Å². The Kier molecular flexibility index (Phi) is 5.37. The van der Waals surface area contributed by atoms with E-state index in [0.717, 1.165) is 11.1 Å². The second kappa shape index (κ2) is 7.25. The molecule has 0 saturated carbocycles. The summed E-state index contributed by atoms with van der Waals surface area (Å²) in [4.78, 5) is 0. The van der Waals surface area contributed by atoms with Crippen molar-refractivity contribution in [2.45, 2.75) is 38.5 Å². The standard InChI is InChI=1S/C18H23NO2/c1-13(16-9-6-10-17(20)12-16)19-14(2)18(21)11-15-7-4-3-5-8-15/h3-10,12-14,18-21H,11H2,1-2H3/t13-,14+,18+/m0/s1. The van der Waals surface area contributed by atoms with Crippen LogP contribution in [0.5, 0.6) is 5.75 Å². The Bertz CT molecular complexity index is 556. The molecule has 0 aliphatic rings. The van der Waals surface area contributed by atoms with Crippen molar-refractivity contribution in [2.75, 3.05) is 0 Å². The number of hydrogen-bond donors (Lipinski definition) is 3. The first-order chi connectivity index (χ1) is 10.1. The van der Waals surface area contributed by atoms with Gasteiger partial charge in [0.2, 0.25) is 0 Å². The van der Waals surface area contributed by atoms with Gasteiger partial charge in [-0.2, -0.15) is 0 Å². The van der Waals surface area contributed by atoms with E-state index in [0.29, 0.717) is 6.42 Å². The molecule has 0 heterocycles. The van der Waals surface area contributed by atoms with E-state index in [1.807, 2.05) is 56.3 Å². The smallest absolute Gasteiger partial charge is 0.115 e. The third kappa shape index (κ3) is 4.59. The van der Waals surface area contributed by atoms with Crippen molar-refractivity contribution < 1.29 is 10.2 Å². The van der Waals surface area contributed by atoms with Gasteiger partial charge in [0.15, 0.2) is 0 Å². The zero-order chi connectivity index (χ0) is 15.2. The van der Waals surface area contributed by atoms with Crippen LogP contribution in [0.1, 0.15) is 31.0 Å². The average Bonchev–Trinajstić information content (AvgIpc) is 2.48. The van der Waals surface area contributed by atoms with Gasteiger partial charge in [0.05, 0.1) is 6.10 Å². The summed E-state index contributed by atoms with van der Waals surface area (Å²) in [6.07, 6.45) is 0.175. The monoisotopic (exact) mass is 285 g/mol. The molecule has 2 aromatic rings. The fourth-order valence-corrected chi connectivity index (χ4v) is 2.43. The Hall–Kier alpha value is -1.84. The molecule has 3 atom stereocenters. The Morgan fingerprint density at radius 3 is 2.38 bits per heavy atom. The van der Waals surface area contributed by atoms with Crippen LogP contribution in [0.15, 0.2) is 54.6 Å². The molecule has 0 aliphatic heterocycles. The summed E-state index contributed by atoms with van der Waals surface area (Å²) in [6, 6.07) is 17.2. The number of phenolic OH excluding ortho intramolecular Hbond substituents is 1. The molecule has 0 saturated heterocycles. The van der Waals surface area contributed by atoms with E-state index < -0.39 is 6.10 Å². The highest BCUT2D eigenvalue weighted by Gasteiger charge is 2.17. The fraction of sp³-hybridized carbons (Fsp3) is 0.333. The molecule has 0 aliphatic carbocycles. The first kappa shape index (κ1) is 15.5. The molecular formula is C18H23NO2. The highest BCUT2D eigenvalue weighted by molar-refractivity contribution is 5.29. The lowest BCUT2D eigenvalue weighted by Crippen LogP contribution is -2.39. The van der Waals surface area contributed by atoms with Gasteiger partial charge in [-0.05, 0) is 43.5 Å². The maximum atomic E-state index is 10.3. The van der Waals surface area contributed by atoms with Crippen LogP contribution < -0.4 is 5.32 Å². The van der Waals surface area contributed by atoms with Gasteiger partial charge >= 0.3 is 0 Å². The number of benzene rings is 2. The Morgan fingerprint density at radius 2 is 1.71 bits per heavy atom. The Balaban J connectivity index is 1.92. The predicted molar refractivity (Wildman–Crippen MR) is 85.3 cm³/mol. The van der Waals surface area contributed by atoms with Crippen LogP contribution in [0, 0.1) is 0 Å². The van der Waals surface area contributed by atoms with Crippen molar-refractivity contribution in [2.24, 2.45) is 0 Å². The molecule has 0 unspecified atom stereocenters. The quantitative estimate of drug-likeness (QED) is 0.764. The SMILES string of the molecule is C[C@H](N[C@H](C)[C@H](O)Cc1ccccc1)c1cccc(O)c1. The molecule has 3 nitrogen and oxygen atoms in total. The van der Waals surface area contributed by atoms with Crippen molar-refractivity contribution in [1.82, 2.24) is 5.32 Å². The van der Waals surface area contributed by atoms with E-state index in [1.54, 1.807) is 12.1 Å². The minimum absolute atomic E-state index is 0.0393. The maximum Gasteiger partial charge on any atom is 0.115 e. The van der Waals surface area contributed by atoms with Crippen molar-refractivity contribution in [3.8, 4) is 5.75 Å². The minimum atomic E-state index is -0.452. The highest BCUT2D eigenvalue weighted by atomic mass is 16.3. The molecule has 112 valence electrons. The lowest BCUT2D eigenvalue weighted by molar-refractivity contribution is 0.129. The number of aliphatic hydroxyl groups is 1. The molecule has 2 rings (SSSR count). The minimum Gasteiger partial charge on any atom is -0.508 e. The van der Waals surface area contributed by atoms with Crippen LogP contribution >= 0.6 is 0 Å². The molecule has 3 heteroatoms. The average molecular weight is 285 g/mol. The Labute approximate surface area is 126 Å². The van der Waals surface area contributed by atoms with Crippen LogP contribution in [-0.4, -0.2) is 22.4 Å². The topological polar surface area (TPSA) is 52.5 Å². The zero-order valence-corrected chi connectivity index (χ0v) is 12.5. The summed E-state index contributed by atoms with van der Waals surface area (Å²) >= 11 is 0. The number of phenols is 1. The first-order valence-corrected chi connectivity index (χ1v) is 7.33. The number of aliphatic hydroxyl groups excluding tert-OH is 1. The van der Waals surface area contributed by atoms with E-state index in [-0.39, 0.29) is 17.8 Å². The molecule has 0 amide bonds. The van der Waals surface area contributed by atoms with Crippen molar-refractivity contribution in [1.29, 1.82) is 0 Å². The van der Waals surface area contributed by atoms with Gasteiger partial charge in [-0.15, -0.1) is 0 Å². The van der Waals surface area contributed by atoms with E-state index in [2.05, 4.69) is 5.32 Å². The van der Waals surface area contributed by atoms with Gasteiger partial charge < -0.3 is 15.5 Å². The maximum absolute atomic E-state index is 10.3. The van der Waals surface area contributed by atoms with Crippen LogP contribution in [0.3, 0.4) is 0 Å². The summed E-state index contributed by atoms with van der Waals surface area (Å²) in [5.74, 6) is 0.263. The normalized spacial score (nSPS) is 15.4. The van der Waals surface area contributed by atoms with Crippen LogP contribution in [0.4, 0.5) is 0 Å². The predicted octanol–water partition coefficient (Wildman–Crippen LogP) is 3.03. The number of hydrogen-bond acceptors (Lipinski definition) is 3. The summed E-state index contributed by atoms with van der Waals surface area (Å²) in [6.45, 7) is 4.01. The number of nitrogens with one attached hydrogen (secondary N) is 1. The second-order valence-corrected chi connectivity index (χ2v) is 5.53. The van der Waals surface area contributed by atoms with Crippen LogP contribution in [0.2, 0.25) is 0 Å². The fourth-order valence-electron chi connectivity index (χ4n) is 2.43. The van der Waals surface area contributed by atoms with E-state index in [9.17, 15) is 10.2 Å². The van der Waals surface area contributed by atoms with Gasteiger partial charge in [0.1, 0.15) is 5.75 Å². The lowest BCUT2D eigenvalue weighted by atomic mass is 10.0. The van der Waals surface area contributed by atoms with Crippen molar-refractivity contribution in [3.63, 3.8) is 0 Å². The molecular weight excluding hydrogens is 262 g/mol. The van der Waals surface area contributed by atoms with Crippen molar-refractivity contribution >= 4 is 0 Å². The van der Waals surface area contributed by atoms with Crippen molar-refractivity contribution in [3.05, 3.63) is 65.7 Å². The molecule has 0 spiro atoms. The Morgan fingerprint density at radius 1 is 1.00 bits per heavy atom. The summed E-state index contributed by atoms with van der Waals surface area (Å²) in [5.41, 5.74) is 2.14. The largest absolute Gasteiger partial charge is 0.508 e. The highest BCUT2D eigenvalue weighted by Crippen LogP contribution is 2.19. The third-order valence-electron chi connectivity index (χ3n) is 3.75. The lowest BCUT2D eigenvalue weighted by Gasteiger charge is -2.25. The number of rotatable bonds is 6. The van der Waals surface area contributed by atoms with E-state index in [4.69, 9.17) is 0 Å². The molecule has 21 heavy (non-hydrogen) atoms. The third-order valence-corrected chi connectivity index (χ3v) is 3.75. The van der Waals surface area contributed by atoms with Gasteiger partial charge in [-0.3, -0.25) is 0 Å². The summed E-state index contributed by atoms with van der Waals surface area (Å²) < 4.78 is 0. The second-order valence-electron chi connectivity index (χ2n) is 5.53. The van der Waals surface area contributed by atoms with Gasteiger partial charge in [-0.25, -0.2) is 0 Å². The first-order valence-electron chi connectivity index (χ1n) is 7.33. The van der Waals surface area contributed by atoms with Crippen LogP contribution in [0.25, 0.3) is 0 Å². The number of aromatic hydroxyl groups is 1. The molecule has 0 bridgehead atoms. The zero-order valence-electron chi connectivity index (χ0n) is 12.5. The molecule has 0 radical (unpaired) electrons. The molecule has 0 fully saturated rings. The summed E-state index contributed by atoms with van der Waals surface area (Å²) in [5, 5.41) is 23.2. The van der Waals surface area contributed by atoms with Gasteiger partial charge in [-0.1, -0.05) is 42.5 Å².